The van der Waals surface area contributed by atoms with Gasteiger partial charge in [0.1, 0.15) is 0 Å². The third-order valence-electron chi connectivity index (χ3n) is 4.00. The van der Waals surface area contributed by atoms with Gasteiger partial charge in [-0.15, -0.1) is 0 Å². The summed E-state index contributed by atoms with van der Waals surface area (Å²) in [6, 6.07) is 6.63. The standard InChI is InChI=1S/C14H20O/c1-10-5-6-11-8-14(4,13(2,3)15)9-12(11)7-10/h5-7,15H,8-9H2,1-4H3. The minimum atomic E-state index is -0.611. The molecule has 0 radical (unpaired) electrons. The molecule has 2 rings (SSSR count). The molecule has 0 saturated carbocycles. The van der Waals surface area contributed by atoms with Gasteiger partial charge in [0.15, 0.2) is 0 Å². The van der Waals surface area contributed by atoms with Gasteiger partial charge >= 0.3 is 0 Å². The molecule has 1 atom stereocenters. The molecule has 0 fully saturated rings. The topological polar surface area (TPSA) is 20.2 Å². The van der Waals surface area contributed by atoms with Gasteiger partial charge in [-0.1, -0.05) is 30.7 Å². The van der Waals surface area contributed by atoms with Crippen molar-refractivity contribution in [2.45, 2.75) is 46.1 Å². The Labute approximate surface area is 92.1 Å². The first-order valence-electron chi connectivity index (χ1n) is 5.63. The smallest absolute Gasteiger partial charge is 0.0651 e. The molecular weight excluding hydrogens is 184 g/mol. The summed E-state index contributed by atoms with van der Waals surface area (Å²) in [5, 5.41) is 10.2. The molecule has 0 amide bonds. The minimum absolute atomic E-state index is 0.0108. The zero-order valence-electron chi connectivity index (χ0n) is 10.1. The Morgan fingerprint density at radius 1 is 1.20 bits per heavy atom. The lowest BCUT2D eigenvalue weighted by molar-refractivity contribution is -0.0395. The van der Waals surface area contributed by atoms with Crippen LogP contribution in [0.15, 0.2) is 18.2 Å². The molecule has 1 aliphatic rings. The van der Waals surface area contributed by atoms with Crippen LogP contribution in [0.3, 0.4) is 0 Å². The Morgan fingerprint density at radius 2 is 1.80 bits per heavy atom. The monoisotopic (exact) mass is 204 g/mol. The maximum absolute atomic E-state index is 10.2. The highest BCUT2D eigenvalue weighted by atomic mass is 16.3. The molecular formula is C14H20O. The second-order valence-corrected chi connectivity index (χ2v) is 5.75. The highest BCUT2D eigenvalue weighted by molar-refractivity contribution is 5.38. The normalized spacial score (nSPS) is 25.4. The van der Waals surface area contributed by atoms with Gasteiger partial charge in [-0.3, -0.25) is 0 Å². The quantitative estimate of drug-likeness (QED) is 0.745. The number of hydrogen-bond donors (Lipinski definition) is 1. The van der Waals surface area contributed by atoms with Crippen LogP contribution >= 0.6 is 0 Å². The molecule has 1 aliphatic carbocycles. The molecule has 1 nitrogen and oxygen atoms in total. The van der Waals surface area contributed by atoms with Gasteiger partial charge in [-0.25, -0.2) is 0 Å². The molecule has 1 heteroatoms. The van der Waals surface area contributed by atoms with Crippen molar-refractivity contribution in [3.63, 3.8) is 0 Å². The van der Waals surface area contributed by atoms with Crippen molar-refractivity contribution in [3.05, 3.63) is 34.9 Å². The predicted molar refractivity (Wildman–Crippen MR) is 63.0 cm³/mol. The molecule has 1 aromatic carbocycles. The van der Waals surface area contributed by atoms with E-state index in [1.165, 1.54) is 16.7 Å². The molecule has 82 valence electrons. The van der Waals surface area contributed by atoms with Crippen molar-refractivity contribution >= 4 is 0 Å². The van der Waals surface area contributed by atoms with Crippen LogP contribution in [0.25, 0.3) is 0 Å². The third kappa shape index (κ3) is 1.69. The maximum atomic E-state index is 10.2. The Hall–Kier alpha value is -0.820. The molecule has 0 saturated heterocycles. The lowest BCUT2D eigenvalue weighted by Gasteiger charge is -2.37. The van der Waals surface area contributed by atoms with Crippen LogP contribution in [-0.2, 0) is 12.8 Å². The number of rotatable bonds is 1. The van der Waals surface area contributed by atoms with Crippen LogP contribution in [0.2, 0.25) is 0 Å². The van der Waals surface area contributed by atoms with Gasteiger partial charge in [-0.2, -0.15) is 0 Å². The predicted octanol–water partition coefficient (Wildman–Crippen LogP) is 2.87. The summed E-state index contributed by atoms with van der Waals surface area (Å²) in [6.07, 6.45) is 1.99. The molecule has 1 aromatic rings. The SMILES string of the molecule is Cc1ccc2c(c1)CC(C)(C(C)(C)O)C2. The van der Waals surface area contributed by atoms with E-state index in [9.17, 15) is 5.11 Å². The summed E-state index contributed by atoms with van der Waals surface area (Å²) in [7, 11) is 0. The summed E-state index contributed by atoms with van der Waals surface area (Å²) in [5.74, 6) is 0. The van der Waals surface area contributed by atoms with Gasteiger partial charge in [0, 0.05) is 5.41 Å². The number of hydrogen-bond acceptors (Lipinski definition) is 1. The molecule has 1 unspecified atom stereocenters. The lowest BCUT2D eigenvalue weighted by atomic mass is 9.73. The van der Waals surface area contributed by atoms with Crippen LogP contribution in [0.1, 0.15) is 37.5 Å². The first-order chi connectivity index (χ1) is 6.82. The van der Waals surface area contributed by atoms with E-state index in [-0.39, 0.29) is 5.41 Å². The Morgan fingerprint density at radius 3 is 2.40 bits per heavy atom. The fraction of sp³-hybridized carbons (Fsp3) is 0.571. The van der Waals surface area contributed by atoms with Crippen LogP contribution in [-0.4, -0.2) is 10.7 Å². The fourth-order valence-corrected chi connectivity index (χ4v) is 2.43. The van der Waals surface area contributed by atoms with E-state index in [0.29, 0.717) is 0 Å². The van der Waals surface area contributed by atoms with Crippen molar-refractivity contribution in [3.8, 4) is 0 Å². The van der Waals surface area contributed by atoms with Crippen molar-refractivity contribution < 1.29 is 5.11 Å². The second kappa shape index (κ2) is 3.08. The number of aryl methyl sites for hydroxylation is 1. The molecule has 0 bridgehead atoms. The largest absolute Gasteiger partial charge is 0.390 e. The van der Waals surface area contributed by atoms with Gasteiger partial charge in [-0.05, 0) is 44.7 Å². The van der Waals surface area contributed by atoms with Crippen LogP contribution in [0.4, 0.5) is 0 Å². The minimum Gasteiger partial charge on any atom is -0.390 e. The van der Waals surface area contributed by atoms with Crippen LogP contribution < -0.4 is 0 Å². The molecule has 0 aliphatic heterocycles. The summed E-state index contributed by atoms with van der Waals surface area (Å²) >= 11 is 0. The Bertz CT molecular complexity index is 387. The third-order valence-corrected chi connectivity index (χ3v) is 4.00. The summed E-state index contributed by atoms with van der Waals surface area (Å²) in [4.78, 5) is 0. The summed E-state index contributed by atoms with van der Waals surface area (Å²) in [6.45, 7) is 8.15. The van der Waals surface area contributed by atoms with Gasteiger partial charge < -0.3 is 5.11 Å². The maximum Gasteiger partial charge on any atom is 0.0651 e. The van der Waals surface area contributed by atoms with Crippen molar-refractivity contribution in [1.82, 2.24) is 0 Å². The van der Waals surface area contributed by atoms with Gasteiger partial charge in [0.25, 0.3) is 0 Å². The van der Waals surface area contributed by atoms with Crippen molar-refractivity contribution in [2.24, 2.45) is 5.41 Å². The van der Waals surface area contributed by atoms with E-state index >= 15 is 0 Å². The Kier molecular flexibility index (Phi) is 2.20. The average molecular weight is 204 g/mol. The van der Waals surface area contributed by atoms with Crippen molar-refractivity contribution in [2.75, 3.05) is 0 Å². The fourth-order valence-electron chi connectivity index (χ4n) is 2.43. The van der Waals surface area contributed by atoms with Crippen LogP contribution in [0.5, 0.6) is 0 Å². The number of benzene rings is 1. The first kappa shape index (κ1) is 10.7. The molecule has 1 N–H and O–H groups in total. The zero-order valence-corrected chi connectivity index (χ0v) is 10.1. The number of aliphatic hydroxyl groups is 1. The summed E-state index contributed by atoms with van der Waals surface area (Å²) in [5.41, 5.74) is 3.52. The van der Waals surface area contributed by atoms with E-state index in [0.717, 1.165) is 12.8 Å². The van der Waals surface area contributed by atoms with E-state index in [1.807, 2.05) is 13.8 Å². The highest BCUT2D eigenvalue weighted by Crippen LogP contribution is 2.44. The highest BCUT2D eigenvalue weighted by Gasteiger charge is 2.43. The molecule has 0 spiro atoms. The van der Waals surface area contributed by atoms with E-state index in [4.69, 9.17) is 0 Å². The Balaban J connectivity index is 2.37. The van der Waals surface area contributed by atoms with Crippen LogP contribution in [0, 0.1) is 12.3 Å². The lowest BCUT2D eigenvalue weighted by Crippen LogP contribution is -2.41. The van der Waals surface area contributed by atoms with Crippen molar-refractivity contribution in [1.29, 1.82) is 0 Å². The van der Waals surface area contributed by atoms with E-state index in [2.05, 4.69) is 32.0 Å². The molecule has 0 heterocycles. The zero-order chi connectivity index (χ0) is 11.3. The molecule has 15 heavy (non-hydrogen) atoms. The second-order valence-electron chi connectivity index (χ2n) is 5.75. The average Bonchev–Trinajstić information content (AvgIpc) is 2.40. The van der Waals surface area contributed by atoms with Gasteiger partial charge in [0.05, 0.1) is 5.60 Å². The number of fused-ring (bicyclic) bond motifs is 1. The summed E-state index contributed by atoms with van der Waals surface area (Å²) < 4.78 is 0. The first-order valence-corrected chi connectivity index (χ1v) is 5.63. The molecule has 0 aromatic heterocycles. The van der Waals surface area contributed by atoms with E-state index < -0.39 is 5.60 Å². The van der Waals surface area contributed by atoms with Gasteiger partial charge in [0.2, 0.25) is 0 Å². The van der Waals surface area contributed by atoms with E-state index in [1.54, 1.807) is 0 Å².